The number of aromatic nitrogens is 1. The number of nitrogens with zero attached hydrogens (tertiary/aromatic N) is 2. The molecule has 100 valence electrons. The highest BCUT2D eigenvalue weighted by molar-refractivity contribution is 5.91. The molecule has 0 saturated carbocycles. The maximum Gasteiger partial charge on any atom is 0.0722 e. The maximum absolute atomic E-state index is 9.03. The summed E-state index contributed by atoms with van der Waals surface area (Å²) in [5.74, 6) is 0. The zero-order valence-electron chi connectivity index (χ0n) is 11.1. The highest BCUT2D eigenvalue weighted by Gasteiger charge is 2.25. The van der Waals surface area contributed by atoms with Crippen molar-refractivity contribution in [2.24, 2.45) is 0 Å². The zero-order valence-corrected chi connectivity index (χ0v) is 11.1. The molecule has 1 aliphatic rings. The Kier molecular flexibility index (Phi) is 3.65. The van der Waals surface area contributed by atoms with E-state index in [0.717, 1.165) is 24.9 Å². The van der Waals surface area contributed by atoms with Gasteiger partial charge in [0.15, 0.2) is 0 Å². The van der Waals surface area contributed by atoms with Crippen molar-refractivity contribution in [2.45, 2.75) is 31.7 Å². The number of rotatable bonds is 4. The van der Waals surface area contributed by atoms with Crippen LogP contribution in [0.2, 0.25) is 0 Å². The molecule has 0 bridgehead atoms. The minimum Gasteiger partial charge on any atom is -0.396 e. The second-order valence-electron chi connectivity index (χ2n) is 5.20. The van der Waals surface area contributed by atoms with Crippen LogP contribution < -0.4 is 4.90 Å². The van der Waals surface area contributed by atoms with E-state index in [1.165, 1.54) is 23.9 Å². The highest BCUT2D eigenvalue weighted by Crippen LogP contribution is 2.32. The molecule has 1 fully saturated rings. The molecular weight excluding hydrogens is 236 g/mol. The zero-order chi connectivity index (χ0) is 13.1. The van der Waals surface area contributed by atoms with Crippen molar-refractivity contribution >= 4 is 16.6 Å². The molecule has 1 aromatic heterocycles. The second kappa shape index (κ2) is 5.57. The summed E-state index contributed by atoms with van der Waals surface area (Å²) in [7, 11) is 0. The lowest BCUT2D eigenvalue weighted by molar-refractivity contribution is 0.279. The van der Waals surface area contributed by atoms with E-state index in [2.05, 4.69) is 34.1 Å². The largest absolute Gasteiger partial charge is 0.396 e. The van der Waals surface area contributed by atoms with Crippen LogP contribution in [0.25, 0.3) is 10.9 Å². The maximum atomic E-state index is 9.03. The number of fused-ring (bicyclic) bond motifs is 1. The van der Waals surface area contributed by atoms with Crippen LogP contribution in [-0.2, 0) is 0 Å². The van der Waals surface area contributed by atoms with E-state index in [-0.39, 0.29) is 0 Å². The van der Waals surface area contributed by atoms with Crippen LogP contribution in [0.1, 0.15) is 25.7 Å². The fourth-order valence-electron chi connectivity index (χ4n) is 3.11. The van der Waals surface area contributed by atoms with Crippen molar-refractivity contribution in [3.8, 4) is 0 Å². The van der Waals surface area contributed by atoms with Crippen LogP contribution in [0.3, 0.4) is 0 Å². The third-order valence-corrected chi connectivity index (χ3v) is 4.01. The van der Waals surface area contributed by atoms with E-state index >= 15 is 0 Å². The van der Waals surface area contributed by atoms with Gasteiger partial charge in [0.05, 0.1) is 5.52 Å². The summed E-state index contributed by atoms with van der Waals surface area (Å²) in [6.45, 7) is 1.41. The van der Waals surface area contributed by atoms with Gasteiger partial charge in [0.1, 0.15) is 0 Å². The number of hydrogen-bond donors (Lipinski definition) is 1. The molecule has 1 unspecified atom stereocenters. The number of pyridine rings is 1. The standard InChI is InChI=1S/C16H20N2O/c19-12-4-6-13-5-3-11-18(13)16-9-10-17-15-8-2-1-7-14(15)16/h1-2,7-10,13,19H,3-6,11-12H2. The molecule has 1 saturated heterocycles. The Labute approximate surface area is 113 Å². The number of aliphatic hydroxyl groups is 1. The summed E-state index contributed by atoms with van der Waals surface area (Å²) in [4.78, 5) is 6.93. The van der Waals surface area contributed by atoms with Gasteiger partial charge in [-0.15, -0.1) is 0 Å². The summed E-state index contributed by atoms with van der Waals surface area (Å²) in [6.07, 6.45) is 6.35. The SMILES string of the molecule is OCCCC1CCCN1c1ccnc2ccccc12. The molecule has 0 amide bonds. The van der Waals surface area contributed by atoms with Crippen LogP contribution in [0.15, 0.2) is 36.5 Å². The molecule has 3 rings (SSSR count). The van der Waals surface area contributed by atoms with E-state index in [9.17, 15) is 0 Å². The second-order valence-corrected chi connectivity index (χ2v) is 5.20. The summed E-state index contributed by atoms with van der Waals surface area (Å²) in [6, 6.07) is 11.0. The van der Waals surface area contributed by atoms with E-state index in [4.69, 9.17) is 5.11 Å². The van der Waals surface area contributed by atoms with Gasteiger partial charge >= 0.3 is 0 Å². The van der Waals surface area contributed by atoms with Gasteiger partial charge in [-0.3, -0.25) is 4.98 Å². The Morgan fingerprint density at radius 1 is 1.26 bits per heavy atom. The molecule has 1 aliphatic heterocycles. The Morgan fingerprint density at radius 3 is 3.05 bits per heavy atom. The minimum absolute atomic E-state index is 0.293. The quantitative estimate of drug-likeness (QED) is 0.913. The third kappa shape index (κ3) is 2.43. The van der Waals surface area contributed by atoms with Gasteiger partial charge in [0.25, 0.3) is 0 Å². The Morgan fingerprint density at radius 2 is 2.16 bits per heavy atom. The molecule has 0 spiro atoms. The Bertz CT molecular complexity index is 550. The molecule has 0 aliphatic carbocycles. The van der Waals surface area contributed by atoms with Gasteiger partial charge in [-0.05, 0) is 37.8 Å². The lowest BCUT2D eigenvalue weighted by Gasteiger charge is -2.27. The van der Waals surface area contributed by atoms with Crippen molar-refractivity contribution in [3.63, 3.8) is 0 Å². The number of hydrogen-bond acceptors (Lipinski definition) is 3. The van der Waals surface area contributed by atoms with E-state index in [1.54, 1.807) is 0 Å². The number of para-hydroxylation sites is 1. The van der Waals surface area contributed by atoms with Gasteiger partial charge in [-0.2, -0.15) is 0 Å². The first-order valence-corrected chi connectivity index (χ1v) is 7.11. The van der Waals surface area contributed by atoms with E-state index in [0.29, 0.717) is 12.6 Å². The lowest BCUT2D eigenvalue weighted by Crippen LogP contribution is -2.29. The predicted octanol–water partition coefficient (Wildman–Crippen LogP) is 2.98. The van der Waals surface area contributed by atoms with Crippen LogP contribution in [-0.4, -0.2) is 29.3 Å². The first-order chi connectivity index (χ1) is 9.40. The molecule has 3 nitrogen and oxygen atoms in total. The average Bonchev–Trinajstić information content (AvgIpc) is 2.92. The van der Waals surface area contributed by atoms with Crippen molar-refractivity contribution < 1.29 is 5.11 Å². The van der Waals surface area contributed by atoms with Gasteiger partial charge < -0.3 is 10.0 Å². The van der Waals surface area contributed by atoms with Gasteiger partial charge in [0, 0.05) is 36.5 Å². The Hall–Kier alpha value is -1.61. The minimum atomic E-state index is 0.293. The summed E-state index contributed by atoms with van der Waals surface area (Å²) in [5.41, 5.74) is 2.36. The first-order valence-electron chi connectivity index (χ1n) is 7.11. The van der Waals surface area contributed by atoms with Crippen molar-refractivity contribution in [2.75, 3.05) is 18.1 Å². The fourth-order valence-corrected chi connectivity index (χ4v) is 3.11. The first kappa shape index (κ1) is 12.4. The monoisotopic (exact) mass is 256 g/mol. The van der Waals surface area contributed by atoms with Crippen LogP contribution in [0.5, 0.6) is 0 Å². The molecule has 3 heteroatoms. The van der Waals surface area contributed by atoms with Crippen LogP contribution in [0, 0.1) is 0 Å². The van der Waals surface area contributed by atoms with Crippen molar-refractivity contribution in [1.82, 2.24) is 4.98 Å². The third-order valence-electron chi connectivity index (χ3n) is 4.01. The number of aliphatic hydroxyl groups excluding tert-OH is 1. The molecular formula is C16H20N2O. The van der Waals surface area contributed by atoms with Gasteiger partial charge in [-0.1, -0.05) is 18.2 Å². The van der Waals surface area contributed by atoms with Gasteiger partial charge in [0.2, 0.25) is 0 Å². The van der Waals surface area contributed by atoms with E-state index < -0.39 is 0 Å². The molecule has 19 heavy (non-hydrogen) atoms. The smallest absolute Gasteiger partial charge is 0.0722 e. The molecule has 2 heterocycles. The van der Waals surface area contributed by atoms with E-state index in [1.807, 2.05) is 12.3 Å². The summed E-state index contributed by atoms with van der Waals surface area (Å²) in [5, 5.41) is 10.3. The normalized spacial score (nSPS) is 19.2. The number of anilines is 1. The molecule has 1 atom stereocenters. The molecule has 2 aromatic rings. The van der Waals surface area contributed by atoms with Crippen molar-refractivity contribution in [1.29, 1.82) is 0 Å². The number of benzene rings is 1. The fraction of sp³-hybridized carbons (Fsp3) is 0.438. The predicted molar refractivity (Wildman–Crippen MR) is 78.4 cm³/mol. The molecule has 1 aromatic carbocycles. The van der Waals surface area contributed by atoms with Gasteiger partial charge in [-0.25, -0.2) is 0 Å². The Balaban J connectivity index is 1.94. The van der Waals surface area contributed by atoms with Crippen molar-refractivity contribution in [3.05, 3.63) is 36.5 Å². The molecule has 1 N–H and O–H groups in total. The lowest BCUT2D eigenvalue weighted by atomic mass is 10.1. The molecule has 0 radical (unpaired) electrons. The summed E-state index contributed by atoms with van der Waals surface area (Å²) >= 11 is 0. The average molecular weight is 256 g/mol. The highest BCUT2D eigenvalue weighted by atomic mass is 16.2. The summed E-state index contributed by atoms with van der Waals surface area (Å²) < 4.78 is 0. The van der Waals surface area contributed by atoms with Crippen LogP contribution >= 0.6 is 0 Å². The van der Waals surface area contributed by atoms with Crippen LogP contribution in [0.4, 0.5) is 5.69 Å². The topological polar surface area (TPSA) is 36.4 Å².